The van der Waals surface area contributed by atoms with E-state index in [4.69, 9.17) is 0 Å². The predicted molar refractivity (Wildman–Crippen MR) is 175 cm³/mol. The Labute approximate surface area is 241 Å². The highest BCUT2D eigenvalue weighted by Crippen LogP contribution is 2.45. The zero-order chi connectivity index (χ0) is 26.2. The van der Waals surface area contributed by atoms with Crippen LogP contribution >= 0.6 is 23.1 Å². The van der Waals surface area contributed by atoms with Gasteiger partial charge in [0.1, 0.15) is 0 Å². The van der Waals surface area contributed by atoms with Gasteiger partial charge in [-0.1, -0.05) is 108 Å². The molecule has 3 heterocycles. The van der Waals surface area contributed by atoms with E-state index in [0.29, 0.717) is 0 Å². The molecular weight excluding hydrogens is 521 g/mol. The number of fused-ring (bicyclic) bond motifs is 7. The van der Waals surface area contributed by atoms with Gasteiger partial charge >= 0.3 is 0 Å². The highest BCUT2D eigenvalue weighted by Gasteiger charge is 2.40. The third-order valence-corrected chi connectivity index (χ3v) is 10.6. The predicted octanol–water partition coefficient (Wildman–Crippen LogP) is 8.49. The molecule has 0 amide bonds. The van der Waals surface area contributed by atoms with E-state index in [2.05, 4.69) is 138 Å². The van der Waals surface area contributed by atoms with Gasteiger partial charge in [0.05, 0.1) is 5.69 Å². The van der Waals surface area contributed by atoms with Gasteiger partial charge < -0.3 is 4.90 Å². The van der Waals surface area contributed by atoms with Gasteiger partial charge in [-0.2, -0.15) is 0 Å². The molecule has 0 bridgehead atoms. The van der Waals surface area contributed by atoms with Crippen LogP contribution in [0.1, 0.15) is 0 Å². The molecule has 0 fully saturated rings. The maximum Gasteiger partial charge on any atom is 0.249 e. The van der Waals surface area contributed by atoms with E-state index in [1.807, 2.05) is 23.1 Å². The number of hydrogen-bond acceptors (Lipinski definition) is 3. The van der Waals surface area contributed by atoms with E-state index in [1.165, 1.54) is 74.5 Å². The topological polar surface area (TPSA) is 3.24 Å². The number of para-hydroxylation sites is 2. The number of rotatable bonds is 2. The summed E-state index contributed by atoms with van der Waals surface area (Å²) in [5.41, 5.74) is 10.4. The van der Waals surface area contributed by atoms with E-state index < -0.39 is 0 Å². The molecule has 0 saturated carbocycles. The molecule has 1 nitrogen and oxygen atoms in total. The maximum atomic E-state index is 2.50. The summed E-state index contributed by atoms with van der Waals surface area (Å²) in [5, 5.41) is 2.67. The molecule has 0 aliphatic carbocycles. The van der Waals surface area contributed by atoms with Gasteiger partial charge in [0, 0.05) is 46.9 Å². The van der Waals surface area contributed by atoms with Crippen molar-refractivity contribution in [3.8, 4) is 11.1 Å². The van der Waals surface area contributed by atoms with Crippen molar-refractivity contribution in [1.29, 1.82) is 0 Å². The van der Waals surface area contributed by atoms with Crippen LogP contribution in [0.5, 0.6) is 0 Å². The lowest BCUT2D eigenvalue weighted by molar-refractivity contribution is 1.27. The molecule has 6 aromatic carbocycles. The number of hydrogen-bond donors (Lipinski definition) is 0. The van der Waals surface area contributed by atoms with Crippen LogP contribution in [0.15, 0.2) is 143 Å². The van der Waals surface area contributed by atoms with Crippen LogP contribution in [0.4, 0.5) is 17.1 Å². The second kappa shape index (κ2) is 8.63. The fourth-order valence-corrected chi connectivity index (χ4v) is 8.96. The molecule has 7 aromatic rings. The molecule has 0 unspecified atom stereocenters. The Balaban J connectivity index is 1.28. The van der Waals surface area contributed by atoms with E-state index >= 15 is 0 Å². The summed E-state index contributed by atoms with van der Waals surface area (Å²) in [6.45, 7) is 0.234. The molecule has 0 N–H and O–H groups in total. The number of nitrogens with zero attached hydrogens (tertiary/aromatic N) is 1. The maximum absolute atomic E-state index is 2.50. The van der Waals surface area contributed by atoms with E-state index in [9.17, 15) is 0 Å². The van der Waals surface area contributed by atoms with E-state index in [0.717, 1.165) is 0 Å². The quantitative estimate of drug-likeness (QED) is 0.201. The third kappa shape index (κ3) is 3.18. The standard InChI is InChI=1S/C36H22BNS2/c1-5-14-29(24(10-1)23-20-21-26-25-11-2-7-17-32(25)39-35(26)22-23)38-30-15-6-3-12-27(30)37-28-13-4-8-18-33(28)40-34-19-9-16-31(38)36(34)37/h1-22H. The summed E-state index contributed by atoms with van der Waals surface area (Å²) in [6.07, 6.45) is 0. The summed E-state index contributed by atoms with van der Waals surface area (Å²) >= 11 is 3.78. The monoisotopic (exact) mass is 543 g/mol. The molecule has 0 saturated heterocycles. The molecule has 2 aliphatic heterocycles. The van der Waals surface area contributed by atoms with Crippen molar-refractivity contribution in [2.75, 3.05) is 4.90 Å². The van der Waals surface area contributed by atoms with Gasteiger partial charge in [0.25, 0.3) is 0 Å². The average molecular weight is 544 g/mol. The van der Waals surface area contributed by atoms with Gasteiger partial charge in [-0.05, 0) is 59.0 Å². The molecule has 0 spiro atoms. The van der Waals surface area contributed by atoms with Crippen molar-refractivity contribution in [2.45, 2.75) is 9.79 Å². The van der Waals surface area contributed by atoms with Crippen molar-refractivity contribution < 1.29 is 0 Å². The minimum Gasteiger partial charge on any atom is -0.311 e. The summed E-state index contributed by atoms with van der Waals surface area (Å²) in [4.78, 5) is 5.21. The van der Waals surface area contributed by atoms with Crippen LogP contribution in [0.3, 0.4) is 0 Å². The van der Waals surface area contributed by atoms with Gasteiger partial charge in [-0.15, -0.1) is 11.3 Å². The Kier molecular flexibility index (Phi) is 4.86. The van der Waals surface area contributed by atoms with Crippen LogP contribution < -0.4 is 21.3 Å². The molecule has 40 heavy (non-hydrogen) atoms. The van der Waals surface area contributed by atoms with Crippen molar-refractivity contribution in [2.24, 2.45) is 0 Å². The second-order valence-electron chi connectivity index (χ2n) is 10.5. The molecule has 0 atom stereocenters. The summed E-state index contributed by atoms with van der Waals surface area (Å²) in [5.74, 6) is 0. The van der Waals surface area contributed by atoms with Gasteiger partial charge in [-0.25, -0.2) is 0 Å². The van der Waals surface area contributed by atoms with Crippen molar-refractivity contribution in [1.82, 2.24) is 0 Å². The molecule has 1 aromatic heterocycles. The van der Waals surface area contributed by atoms with Crippen LogP contribution in [-0.4, -0.2) is 6.71 Å². The first-order valence-corrected chi connectivity index (χ1v) is 15.3. The lowest BCUT2D eigenvalue weighted by Crippen LogP contribution is -2.59. The largest absolute Gasteiger partial charge is 0.311 e. The van der Waals surface area contributed by atoms with E-state index in [1.54, 1.807) is 0 Å². The zero-order valence-electron chi connectivity index (χ0n) is 21.5. The van der Waals surface area contributed by atoms with Gasteiger partial charge in [-0.3, -0.25) is 0 Å². The van der Waals surface area contributed by atoms with Crippen molar-refractivity contribution in [3.63, 3.8) is 0 Å². The minimum absolute atomic E-state index is 0.234. The smallest absolute Gasteiger partial charge is 0.249 e. The second-order valence-corrected chi connectivity index (χ2v) is 12.6. The average Bonchev–Trinajstić information content (AvgIpc) is 3.39. The number of benzene rings is 6. The minimum atomic E-state index is 0.234. The number of anilines is 3. The first kappa shape index (κ1) is 22.6. The fraction of sp³-hybridized carbons (Fsp3) is 0. The zero-order valence-corrected chi connectivity index (χ0v) is 23.2. The van der Waals surface area contributed by atoms with Gasteiger partial charge in [0.2, 0.25) is 6.71 Å². The normalized spacial score (nSPS) is 13.3. The van der Waals surface area contributed by atoms with Crippen LogP contribution in [0.25, 0.3) is 31.3 Å². The number of thiophene rings is 1. The van der Waals surface area contributed by atoms with Crippen molar-refractivity contribution >= 4 is 83.4 Å². The Hall–Kier alpha value is -4.25. The van der Waals surface area contributed by atoms with Crippen LogP contribution in [0, 0.1) is 0 Å². The lowest BCUT2D eigenvalue weighted by atomic mass is 9.35. The molecular formula is C36H22BNS2. The Bertz CT molecular complexity index is 2130. The first-order chi connectivity index (χ1) is 19.8. The molecule has 0 radical (unpaired) electrons. The highest BCUT2D eigenvalue weighted by atomic mass is 32.2. The summed E-state index contributed by atoms with van der Waals surface area (Å²) < 4.78 is 2.67. The van der Waals surface area contributed by atoms with Crippen molar-refractivity contribution in [3.05, 3.63) is 133 Å². The summed E-state index contributed by atoms with van der Waals surface area (Å²) in [7, 11) is 0. The molecule has 9 rings (SSSR count). The lowest BCUT2D eigenvalue weighted by Gasteiger charge is -2.40. The third-order valence-electron chi connectivity index (χ3n) is 8.35. The molecule has 2 aliphatic rings. The molecule has 4 heteroatoms. The first-order valence-electron chi connectivity index (χ1n) is 13.6. The fourth-order valence-electron chi connectivity index (χ4n) is 6.65. The van der Waals surface area contributed by atoms with Gasteiger partial charge in [0.15, 0.2) is 0 Å². The SMILES string of the molecule is c1ccc2c(c1)Sc1cccc3c1B2c1ccccc1N3c1ccccc1-c1ccc2c(c1)sc1ccccc12. The summed E-state index contributed by atoms with van der Waals surface area (Å²) in [6, 6.07) is 49.3. The Morgan fingerprint density at radius 2 is 1.20 bits per heavy atom. The highest BCUT2D eigenvalue weighted by molar-refractivity contribution is 8.00. The van der Waals surface area contributed by atoms with Crippen LogP contribution in [-0.2, 0) is 0 Å². The Morgan fingerprint density at radius 3 is 2.15 bits per heavy atom. The van der Waals surface area contributed by atoms with Crippen LogP contribution in [0.2, 0.25) is 0 Å². The molecule has 186 valence electrons. The van der Waals surface area contributed by atoms with E-state index in [-0.39, 0.29) is 6.71 Å². The Morgan fingerprint density at radius 1 is 0.500 bits per heavy atom.